The largest absolute Gasteiger partial charge is 0.618 e. The number of aliphatic hydroxyl groups excluding tert-OH is 1. The Morgan fingerprint density at radius 3 is 2.52 bits per heavy atom. The van der Waals surface area contributed by atoms with Gasteiger partial charge in [0.25, 0.3) is 5.69 Å². The molecule has 3 unspecified atom stereocenters. The maximum Gasteiger partial charge on any atom is 0.261 e. The Hall–Kier alpha value is -2.15. The van der Waals surface area contributed by atoms with Crippen LogP contribution in [0.15, 0.2) is 42.5 Å². The highest BCUT2D eigenvalue weighted by Gasteiger charge is 2.36. The predicted octanol–water partition coefficient (Wildman–Crippen LogP) is 2.33. The van der Waals surface area contributed by atoms with Crippen LogP contribution in [0.1, 0.15) is 50.1 Å². The standard InChI is InChI=1S/C19H24N2O4/c1-19(2,3)17(20)16(22)13-9-10-15-14(21(13)23)11-24-18(25-15)12-7-5-4-6-8-12/h4-10,16-18,22H,11,20H2,1-3H3. The van der Waals surface area contributed by atoms with Crippen molar-refractivity contribution in [2.75, 3.05) is 0 Å². The second kappa shape index (κ2) is 6.63. The Labute approximate surface area is 147 Å². The van der Waals surface area contributed by atoms with Gasteiger partial charge in [-0.2, -0.15) is 4.73 Å². The molecule has 0 aliphatic carbocycles. The highest BCUT2D eigenvalue weighted by Crippen LogP contribution is 2.33. The van der Waals surface area contributed by atoms with E-state index >= 15 is 0 Å². The minimum Gasteiger partial charge on any atom is -0.618 e. The van der Waals surface area contributed by atoms with Crippen molar-refractivity contribution in [3.05, 3.63) is 64.6 Å². The minimum absolute atomic E-state index is 0.101. The Balaban J connectivity index is 1.87. The van der Waals surface area contributed by atoms with Crippen LogP contribution >= 0.6 is 0 Å². The van der Waals surface area contributed by atoms with Gasteiger partial charge < -0.3 is 25.5 Å². The zero-order valence-corrected chi connectivity index (χ0v) is 14.7. The first kappa shape index (κ1) is 17.7. The number of benzene rings is 1. The maximum atomic E-state index is 12.7. The number of hydrogen-bond donors (Lipinski definition) is 2. The molecule has 1 aromatic heterocycles. The van der Waals surface area contributed by atoms with Crippen LogP contribution in [-0.4, -0.2) is 11.1 Å². The van der Waals surface area contributed by atoms with E-state index in [1.807, 2.05) is 51.1 Å². The molecule has 25 heavy (non-hydrogen) atoms. The SMILES string of the molecule is CC(C)(C)C(N)C(O)c1ccc2c([n+]1[O-])COC(c1ccccc1)O2. The molecule has 2 aromatic rings. The van der Waals surface area contributed by atoms with Gasteiger partial charge in [0.15, 0.2) is 11.9 Å². The fourth-order valence-electron chi connectivity index (χ4n) is 2.77. The van der Waals surface area contributed by atoms with Crippen molar-refractivity contribution in [3.63, 3.8) is 0 Å². The van der Waals surface area contributed by atoms with Gasteiger partial charge in [-0.05, 0) is 11.5 Å². The normalized spacial score (nSPS) is 19.6. The monoisotopic (exact) mass is 344 g/mol. The summed E-state index contributed by atoms with van der Waals surface area (Å²) < 4.78 is 12.2. The molecule has 0 saturated heterocycles. The molecule has 2 heterocycles. The summed E-state index contributed by atoms with van der Waals surface area (Å²) in [6, 6.07) is 12.2. The second-order valence-corrected chi connectivity index (χ2v) is 7.37. The molecule has 1 aliphatic heterocycles. The summed E-state index contributed by atoms with van der Waals surface area (Å²) in [5, 5.41) is 23.2. The predicted molar refractivity (Wildman–Crippen MR) is 92.4 cm³/mol. The first-order chi connectivity index (χ1) is 11.8. The average Bonchev–Trinajstić information content (AvgIpc) is 2.60. The Bertz CT molecular complexity index is 743. The summed E-state index contributed by atoms with van der Waals surface area (Å²) in [6.07, 6.45) is -1.63. The number of hydrogen-bond acceptors (Lipinski definition) is 5. The van der Waals surface area contributed by atoms with Crippen LogP contribution in [0.5, 0.6) is 5.75 Å². The van der Waals surface area contributed by atoms with E-state index < -0.39 is 18.4 Å². The molecule has 3 rings (SSSR count). The topological polar surface area (TPSA) is 91.7 Å². The van der Waals surface area contributed by atoms with Crippen molar-refractivity contribution < 1.29 is 19.3 Å². The van der Waals surface area contributed by atoms with E-state index in [0.717, 1.165) is 5.56 Å². The Morgan fingerprint density at radius 1 is 1.20 bits per heavy atom. The lowest BCUT2D eigenvalue weighted by Gasteiger charge is -2.31. The first-order valence-corrected chi connectivity index (χ1v) is 8.31. The van der Waals surface area contributed by atoms with Gasteiger partial charge in [-0.15, -0.1) is 0 Å². The summed E-state index contributed by atoms with van der Waals surface area (Å²) in [4.78, 5) is 0. The minimum atomic E-state index is -1.07. The number of ether oxygens (including phenoxy) is 2. The molecular formula is C19H24N2O4. The summed E-state index contributed by atoms with van der Waals surface area (Å²) in [5.41, 5.74) is 7.18. The van der Waals surface area contributed by atoms with E-state index in [1.165, 1.54) is 0 Å². The fourth-order valence-corrected chi connectivity index (χ4v) is 2.77. The maximum absolute atomic E-state index is 12.7. The Kier molecular flexibility index (Phi) is 4.69. The highest BCUT2D eigenvalue weighted by molar-refractivity contribution is 5.29. The van der Waals surface area contributed by atoms with Crippen LogP contribution in [0.25, 0.3) is 0 Å². The van der Waals surface area contributed by atoms with Crippen molar-refractivity contribution in [2.45, 2.75) is 45.8 Å². The molecule has 6 heteroatoms. The third-order valence-corrected chi connectivity index (χ3v) is 4.49. The van der Waals surface area contributed by atoms with Crippen LogP contribution in [-0.2, 0) is 11.3 Å². The summed E-state index contributed by atoms with van der Waals surface area (Å²) >= 11 is 0. The van der Waals surface area contributed by atoms with Crippen LogP contribution in [0.2, 0.25) is 0 Å². The summed E-state index contributed by atoms with van der Waals surface area (Å²) in [7, 11) is 0. The molecule has 0 fully saturated rings. The smallest absolute Gasteiger partial charge is 0.261 e. The van der Waals surface area contributed by atoms with Gasteiger partial charge in [0.05, 0.1) is 0 Å². The number of aliphatic hydroxyl groups is 1. The van der Waals surface area contributed by atoms with E-state index in [0.29, 0.717) is 16.2 Å². The molecular weight excluding hydrogens is 320 g/mol. The first-order valence-electron chi connectivity index (χ1n) is 8.31. The van der Waals surface area contributed by atoms with E-state index in [2.05, 4.69) is 0 Å². The molecule has 0 radical (unpaired) electrons. The van der Waals surface area contributed by atoms with Crippen LogP contribution in [0.3, 0.4) is 0 Å². The third kappa shape index (κ3) is 3.46. The molecule has 6 nitrogen and oxygen atoms in total. The molecule has 0 spiro atoms. The van der Waals surface area contributed by atoms with Crippen molar-refractivity contribution in [1.82, 2.24) is 0 Å². The van der Waals surface area contributed by atoms with Gasteiger partial charge >= 0.3 is 0 Å². The average molecular weight is 344 g/mol. The number of aromatic nitrogens is 1. The molecule has 1 aliphatic rings. The Morgan fingerprint density at radius 2 is 1.88 bits per heavy atom. The van der Waals surface area contributed by atoms with Gasteiger partial charge in [-0.3, -0.25) is 0 Å². The molecule has 3 N–H and O–H groups in total. The van der Waals surface area contributed by atoms with E-state index in [4.69, 9.17) is 15.2 Å². The highest BCUT2D eigenvalue weighted by atomic mass is 16.7. The third-order valence-electron chi connectivity index (χ3n) is 4.49. The molecule has 3 atom stereocenters. The van der Waals surface area contributed by atoms with Gasteiger partial charge in [0.2, 0.25) is 12.0 Å². The van der Waals surface area contributed by atoms with Gasteiger partial charge in [-0.1, -0.05) is 51.1 Å². The van der Waals surface area contributed by atoms with Crippen molar-refractivity contribution in [1.29, 1.82) is 0 Å². The fraction of sp³-hybridized carbons (Fsp3) is 0.421. The summed E-state index contributed by atoms with van der Waals surface area (Å²) in [5.74, 6) is 0.454. The van der Waals surface area contributed by atoms with Gasteiger partial charge in [-0.25, -0.2) is 0 Å². The van der Waals surface area contributed by atoms with Gasteiger partial charge in [0.1, 0.15) is 6.61 Å². The quantitative estimate of drug-likeness (QED) is 0.659. The zero-order chi connectivity index (χ0) is 18.2. The molecule has 134 valence electrons. The van der Waals surface area contributed by atoms with Crippen molar-refractivity contribution >= 4 is 0 Å². The number of nitrogens with two attached hydrogens (primary N) is 1. The second-order valence-electron chi connectivity index (χ2n) is 7.37. The van der Waals surface area contributed by atoms with Crippen LogP contribution < -0.4 is 15.2 Å². The molecule has 0 bridgehead atoms. The number of fused-ring (bicyclic) bond motifs is 1. The number of rotatable bonds is 3. The van der Waals surface area contributed by atoms with Crippen molar-refractivity contribution in [3.8, 4) is 5.75 Å². The van der Waals surface area contributed by atoms with Gasteiger partial charge in [0, 0.05) is 17.7 Å². The van der Waals surface area contributed by atoms with Crippen LogP contribution in [0.4, 0.5) is 0 Å². The van der Waals surface area contributed by atoms with E-state index in [-0.39, 0.29) is 17.7 Å². The lowest BCUT2D eigenvalue weighted by atomic mass is 9.83. The number of pyridine rings is 1. The lowest BCUT2D eigenvalue weighted by Crippen LogP contribution is -2.47. The molecule has 1 aromatic carbocycles. The van der Waals surface area contributed by atoms with Crippen LogP contribution in [0, 0.1) is 10.6 Å². The zero-order valence-electron chi connectivity index (χ0n) is 14.7. The molecule has 0 amide bonds. The van der Waals surface area contributed by atoms with E-state index in [1.54, 1.807) is 12.1 Å². The molecule has 0 saturated carbocycles. The number of nitrogens with zero attached hydrogens (tertiary/aromatic N) is 1. The lowest BCUT2D eigenvalue weighted by molar-refractivity contribution is -0.632. The van der Waals surface area contributed by atoms with Crippen molar-refractivity contribution in [2.24, 2.45) is 11.1 Å². The van der Waals surface area contributed by atoms with E-state index in [9.17, 15) is 10.3 Å². The summed E-state index contributed by atoms with van der Waals surface area (Å²) in [6.45, 7) is 5.87.